The molecule has 0 saturated heterocycles. The molecule has 1 amide bonds. The number of rotatable bonds is 4. The van der Waals surface area contributed by atoms with Gasteiger partial charge in [0.15, 0.2) is 5.58 Å². The first-order valence-electron chi connectivity index (χ1n) is 8.25. The molecule has 134 valence electrons. The van der Waals surface area contributed by atoms with Gasteiger partial charge in [-0.1, -0.05) is 24.3 Å². The van der Waals surface area contributed by atoms with E-state index in [9.17, 15) is 9.18 Å². The molecule has 1 N–H and O–H groups in total. The Morgan fingerprint density at radius 1 is 1.07 bits per heavy atom. The zero-order chi connectivity index (χ0) is 18.8. The van der Waals surface area contributed by atoms with Crippen molar-refractivity contribution in [3.8, 4) is 17.2 Å². The second-order valence-corrected chi connectivity index (χ2v) is 5.84. The summed E-state index contributed by atoms with van der Waals surface area (Å²) in [5.74, 6) is -0.0386. The number of nitrogens with zero attached hydrogens (tertiary/aromatic N) is 1. The molecule has 0 saturated carbocycles. The highest BCUT2D eigenvalue weighted by Crippen LogP contribution is 2.32. The van der Waals surface area contributed by atoms with Crippen LogP contribution in [0.1, 0.15) is 10.4 Å². The molecule has 3 aromatic carbocycles. The molecule has 0 fully saturated rings. The van der Waals surface area contributed by atoms with Crippen LogP contribution in [0.4, 0.5) is 10.1 Å². The molecule has 27 heavy (non-hydrogen) atoms. The van der Waals surface area contributed by atoms with Gasteiger partial charge in [-0.15, -0.1) is 0 Å². The molecule has 0 bridgehead atoms. The van der Waals surface area contributed by atoms with E-state index in [1.165, 1.54) is 18.2 Å². The first kappa shape index (κ1) is 16.8. The number of benzene rings is 3. The zero-order valence-electron chi connectivity index (χ0n) is 14.4. The Labute approximate surface area is 154 Å². The van der Waals surface area contributed by atoms with Crippen molar-refractivity contribution in [2.45, 2.75) is 0 Å². The fourth-order valence-electron chi connectivity index (χ4n) is 2.78. The Morgan fingerprint density at radius 2 is 1.85 bits per heavy atom. The van der Waals surface area contributed by atoms with Gasteiger partial charge in [-0.25, -0.2) is 9.37 Å². The van der Waals surface area contributed by atoms with Gasteiger partial charge >= 0.3 is 0 Å². The molecule has 5 nitrogen and oxygen atoms in total. The predicted octanol–water partition coefficient (Wildman–Crippen LogP) is 4.89. The maximum absolute atomic E-state index is 13.8. The minimum Gasteiger partial charge on any atom is -0.496 e. The summed E-state index contributed by atoms with van der Waals surface area (Å²) in [6.45, 7) is 0. The fourth-order valence-corrected chi connectivity index (χ4v) is 2.78. The van der Waals surface area contributed by atoms with Crippen LogP contribution in [0.25, 0.3) is 22.6 Å². The van der Waals surface area contributed by atoms with Gasteiger partial charge in [-0.2, -0.15) is 0 Å². The number of methoxy groups -OCH3 is 1. The van der Waals surface area contributed by atoms with E-state index < -0.39 is 11.7 Å². The Kier molecular flexibility index (Phi) is 4.30. The molecular weight excluding hydrogens is 347 g/mol. The molecular formula is C21H15FN2O3. The van der Waals surface area contributed by atoms with Crippen molar-refractivity contribution >= 4 is 22.7 Å². The summed E-state index contributed by atoms with van der Waals surface area (Å²) < 4.78 is 24.9. The van der Waals surface area contributed by atoms with Gasteiger partial charge in [0.2, 0.25) is 5.89 Å². The van der Waals surface area contributed by atoms with E-state index >= 15 is 0 Å². The molecule has 0 spiro atoms. The number of anilines is 1. The van der Waals surface area contributed by atoms with Crippen LogP contribution < -0.4 is 10.1 Å². The smallest absolute Gasteiger partial charge is 0.258 e. The molecule has 4 rings (SSSR count). The second-order valence-electron chi connectivity index (χ2n) is 5.84. The lowest BCUT2D eigenvalue weighted by Gasteiger charge is -2.05. The SMILES string of the molecule is COc1ccccc1-c1nc2ccc(NC(=O)c3ccccc3F)cc2o1. The van der Waals surface area contributed by atoms with E-state index in [1.807, 2.05) is 24.3 Å². The third-order valence-electron chi connectivity index (χ3n) is 4.10. The van der Waals surface area contributed by atoms with Crippen molar-refractivity contribution < 1.29 is 18.3 Å². The second kappa shape index (κ2) is 6.92. The first-order chi connectivity index (χ1) is 13.2. The van der Waals surface area contributed by atoms with E-state index in [4.69, 9.17) is 9.15 Å². The lowest BCUT2D eigenvalue weighted by Crippen LogP contribution is -2.13. The monoisotopic (exact) mass is 362 g/mol. The number of fused-ring (bicyclic) bond motifs is 1. The van der Waals surface area contributed by atoms with Gasteiger partial charge < -0.3 is 14.5 Å². The van der Waals surface area contributed by atoms with E-state index in [2.05, 4.69) is 10.3 Å². The van der Waals surface area contributed by atoms with Crippen molar-refractivity contribution in [1.82, 2.24) is 4.98 Å². The number of amides is 1. The number of hydrogen-bond donors (Lipinski definition) is 1. The molecule has 0 unspecified atom stereocenters. The summed E-state index contributed by atoms with van der Waals surface area (Å²) in [6.07, 6.45) is 0. The summed E-state index contributed by atoms with van der Waals surface area (Å²) in [7, 11) is 1.58. The molecule has 0 aliphatic rings. The van der Waals surface area contributed by atoms with Gasteiger partial charge in [0.1, 0.15) is 17.1 Å². The highest BCUT2D eigenvalue weighted by Gasteiger charge is 2.15. The van der Waals surface area contributed by atoms with Crippen LogP contribution in [0.5, 0.6) is 5.75 Å². The number of aromatic nitrogens is 1. The Hall–Kier alpha value is -3.67. The number of nitrogens with one attached hydrogen (secondary N) is 1. The van der Waals surface area contributed by atoms with E-state index in [-0.39, 0.29) is 5.56 Å². The van der Waals surface area contributed by atoms with Crippen molar-refractivity contribution in [3.05, 3.63) is 78.1 Å². The summed E-state index contributed by atoms with van der Waals surface area (Å²) in [6, 6.07) is 18.3. The minimum absolute atomic E-state index is 0.0233. The first-order valence-corrected chi connectivity index (χ1v) is 8.25. The van der Waals surface area contributed by atoms with E-state index in [0.29, 0.717) is 28.4 Å². The van der Waals surface area contributed by atoms with Crippen molar-refractivity contribution in [2.24, 2.45) is 0 Å². The number of hydrogen-bond acceptors (Lipinski definition) is 4. The number of ether oxygens (including phenoxy) is 1. The van der Waals surface area contributed by atoms with Crippen LogP contribution in [-0.4, -0.2) is 18.0 Å². The van der Waals surface area contributed by atoms with Gasteiger partial charge in [0.05, 0.1) is 18.2 Å². The average molecular weight is 362 g/mol. The predicted molar refractivity (Wildman–Crippen MR) is 100 cm³/mol. The normalized spacial score (nSPS) is 10.7. The molecule has 0 aliphatic carbocycles. The summed E-state index contributed by atoms with van der Waals surface area (Å²) >= 11 is 0. The molecule has 4 aromatic rings. The van der Waals surface area contributed by atoms with Crippen LogP contribution in [0.3, 0.4) is 0 Å². The Morgan fingerprint density at radius 3 is 2.67 bits per heavy atom. The largest absolute Gasteiger partial charge is 0.496 e. The van der Waals surface area contributed by atoms with Crippen molar-refractivity contribution in [2.75, 3.05) is 12.4 Å². The Balaban J connectivity index is 1.65. The van der Waals surface area contributed by atoms with Crippen LogP contribution in [0, 0.1) is 5.82 Å². The molecule has 1 heterocycles. The number of halogens is 1. The van der Waals surface area contributed by atoms with Crippen molar-refractivity contribution in [3.63, 3.8) is 0 Å². The number of oxazole rings is 1. The van der Waals surface area contributed by atoms with Gasteiger partial charge in [-0.05, 0) is 36.4 Å². The highest BCUT2D eigenvalue weighted by atomic mass is 19.1. The van der Waals surface area contributed by atoms with Gasteiger partial charge in [0.25, 0.3) is 5.91 Å². The van der Waals surface area contributed by atoms with Crippen LogP contribution in [-0.2, 0) is 0 Å². The van der Waals surface area contributed by atoms with Gasteiger partial charge in [-0.3, -0.25) is 4.79 Å². The van der Waals surface area contributed by atoms with E-state index in [1.54, 1.807) is 31.4 Å². The lowest BCUT2D eigenvalue weighted by atomic mass is 10.2. The maximum atomic E-state index is 13.8. The van der Waals surface area contributed by atoms with Crippen LogP contribution >= 0.6 is 0 Å². The quantitative estimate of drug-likeness (QED) is 0.561. The zero-order valence-corrected chi connectivity index (χ0v) is 14.4. The fraction of sp³-hybridized carbons (Fsp3) is 0.0476. The van der Waals surface area contributed by atoms with Crippen molar-refractivity contribution in [1.29, 1.82) is 0 Å². The summed E-state index contributed by atoms with van der Waals surface area (Å²) in [4.78, 5) is 16.7. The number of carbonyl (C=O) groups excluding carboxylic acids is 1. The topological polar surface area (TPSA) is 64.4 Å². The number of carbonyl (C=O) groups is 1. The Bertz CT molecular complexity index is 1140. The van der Waals surface area contributed by atoms with Crippen LogP contribution in [0.15, 0.2) is 71.1 Å². The number of para-hydroxylation sites is 1. The highest BCUT2D eigenvalue weighted by molar-refractivity contribution is 6.05. The van der Waals surface area contributed by atoms with E-state index in [0.717, 1.165) is 5.56 Å². The standard InChI is InChI=1S/C21H15FN2O3/c1-26-18-9-5-3-7-15(18)21-24-17-11-10-13(12-19(17)27-21)23-20(25)14-6-2-4-8-16(14)22/h2-12H,1H3,(H,23,25). The minimum atomic E-state index is -0.575. The molecule has 0 radical (unpaired) electrons. The molecule has 0 atom stereocenters. The average Bonchev–Trinajstić information content (AvgIpc) is 3.11. The van der Waals surface area contributed by atoms with Crippen LogP contribution in [0.2, 0.25) is 0 Å². The maximum Gasteiger partial charge on any atom is 0.258 e. The summed E-state index contributed by atoms with van der Waals surface area (Å²) in [5, 5.41) is 2.67. The lowest BCUT2D eigenvalue weighted by molar-refractivity contribution is 0.102. The molecule has 1 aromatic heterocycles. The van der Waals surface area contributed by atoms with Gasteiger partial charge in [0, 0.05) is 11.8 Å². The summed E-state index contributed by atoms with van der Waals surface area (Å²) in [5.41, 5.74) is 2.33. The third-order valence-corrected chi connectivity index (χ3v) is 4.10. The molecule has 0 aliphatic heterocycles. The third kappa shape index (κ3) is 3.25. The molecule has 6 heteroatoms.